The van der Waals surface area contributed by atoms with Crippen LogP contribution < -0.4 is 5.32 Å². The van der Waals surface area contributed by atoms with Gasteiger partial charge in [0.15, 0.2) is 0 Å². The fourth-order valence-corrected chi connectivity index (χ4v) is 2.69. The predicted molar refractivity (Wildman–Crippen MR) is 58.9 cm³/mol. The molecule has 2 aliphatic carbocycles. The number of nitrogens with one attached hydrogen (secondary N) is 1. The van der Waals surface area contributed by atoms with Crippen molar-refractivity contribution in [3.8, 4) is 0 Å². The summed E-state index contributed by atoms with van der Waals surface area (Å²) in [4.78, 5) is 22.9. The maximum Gasteiger partial charge on any atom is 0.319 e. The van der Waals surface area contributed by atoms with E-state index in [1.165, 1.54) is 25.7 Å². The van der Waals surface area contributed by atoms with Gasteiger partial charge in [-0.15, -0.1) is 0 Å². The van der Waals surface area contributed by atoms with Gasteiger partial charge in [0.05, 0.1) is 0 Å². The van der Waals surface area contributed by atoms with Crippen molar-refractivity contribution >= 4 is 11.9 Å². The standard InChI is InChI=1S/C12H19NO3/c14-10(12(11(15)16)6-3-7-12)13-8-9-4-1-2-5-9/h9H,1-8H2,(H,13,14)(H,15,16). The molecule has 2 saturated carbocycles. The second kappa shape index (κ2) is 4.44. The zero-order chi connectivity index (χ0) is 11.6. The fourth-order valence-electron chi connectivity index (χ4n) is 2.69. The molecule has 1 amide bonds. The third-order valence-electron chi connectivity index (χ3n) is 4.08. The van der Waals surface area contributed by atoms with Crippen LogP contribution >= 0.6 is 0 Å². The number of amides is 1. The second-order valence-corrected chi connectivity index (χ2v) is 5.10. The highest BCUT2D eigenvalue weighted by molar-refractivity contribution is 6.02. The molecule has 0 unspecified atom stereocenters. The molecule has 2 aliphatic rings. The number of carbonyl (C=O) groups is 2. The molecule has 2 rings (SSSR count). The Bertz CT molecular complexity index is 291. The maximum absolute atomic E-state index is 11.9. The molecule has 0 aromatic heterocycles. The minimum atomic E-state index is -1.10. The van der Waals surface area contributed by atoms with Crippen molar-refractivity contribution < 1.29 is 14.7 Å². The van der Waals surface area contributed by atoms with Crippen molar-refractivity contribution in [2.75, 3.05) is 6.54 Å². The molecule has 0 saturated heterocycles. The van der Waals surface area contributed by atoms with Crippen molar-refractivity contribution in [2.24, 2.45) is 11.3 Å². The smallest absolute Gasteiger partial charge is 0.319 e. The van der Waals surface area contributed by atoms with E-state index in [0.29, 0.717) is 25.3 Å². The van der Waals surface area contributed by atoms with E-state index >= 15 is 0 Å². The molecule has 0 spiro atoms. The average Bonchev–Trinajstić information content (AvgIpc) is 2.64. The normalized spacial score (nSPS) is 23.8. The summed E-state index contributed by atoms with van der Waals surface area (Å²) in [6.45, 7) is 0.661. The van der Waals surface area contributed by atoms with Gasteiger partial charge in [-0.3, -0.25) is 9.59 Å². The molecule has 4 heteroatoms. The summed E-state index contributed by atoms with van der Waals surface area (Å²) >= 11 is 0. The molecule has 0 aromatic rings. The highest BCUT2D eigenvalue weighted by Gasteiger charge is 2.51. The van der Waals surface area contributed by atoms with Crippen LogP contribution in [-0.4, -0.2) is 23.5 Å². The molecule has 2 N–H and O–H groups in total. The van der Waals surface area contributed by atoms with Crippen LogP contribution in [0.2, 0.25) is 0 Å². The lowest BCUT2D eigenvalue weighted by Gasteiger charge is -2.36. The molecule has 2 fully saturated rings. The zero-order valence-corrected chi connectivity index (χ0v) is 9.50. The summed E-state index contributed by atoms with van der Waals surface area (Å²) in [5.41, 5.74) is -1.10. The highest BCUT2D eigenvalue weighted by atomic mass is 16.4. The van der Waals surface area contributed by atoms with Crippen LogP contribution in [0.5, 0.6) is 0 Å². The first-order valence-electron chi connectivity index (χ1n) is 6.17. The first-order valence-corrected chi connectivity index (χ1v) is 6.17. The van der Waals surface area contributed by atoms with Crippen LogP contribution in [-0.2, 0) is 9.59 Å². The zero-order valence-electron chi connectivity index (χ0n) is 9.50. The lowest BCUT2D eigenvalue weighted by molar-refractivity contribution is -0.162. The first kappa shape index (κ1) is 11.4. The number of rotatable bonds is 4. The molecule has 0 atom stereocenters. The van der Waals surface area contributed by atoms with E-state index in [1.807, 2.05) is 0 Å². The van der Waals surface area contributed by atoms with Gasteiger partial charge in [0.25, 0.3) is 0 Å². The van der Waals surface area contributed by atoms with Crippen LogP contribution in [0.1, 0.15) is 44.9 Å². The predicted octanol–water partition coefficient (Wildman–Crippen LogP) is 1.55. The molecule has 90 valence electrons. The third-order valence-corrected chi connectivity index (χ3v) is 4.08. The van der Waals surface area contributed by atoms with Crippen molar-refractivity contribution in [3.63, 3.8) is 0 Å². The largest absolute Gasteiger partial charge is 0.480 e. The van der Waals surface area contributed by atoms with E-state index in [4.69, 9.17) is 5.11 Å². The summed E-state index contributed by atoms with van der Waals surface area (Å²) < 4.78 is 0. The van der Waals surface area contributed by atoms with Crippen molar-refractivity contribution in [1.29, 1.82) is 0 Å². The van der Waals surface area contributed by atoms with E-state index in [0.717, 1.165) is 6.42 Å². The Morgan fingerprint density at radius 1 is 1.19 bits per heavy atom. The average molecular weight is 225 g/mol. The monoisotopic (exact) mass is 225 g/mol. The summed E-state index contributed by atoms with van der Waals surface area (Å²) in [5, 5.41) is 11.9. The third kappa shape index (κ3) is 1.93. The van der Waals surface area contributed by atoms with Crippen LogP contribution in [0.15, 0.2) is 0 Å². The highest BCUT2D eigenvalue weighted by Crippen LogP contribution is 2.41. The Labute approximate surface area is 95.4 Å². The summed E-state index contributed by atoms with van der Waals surface area (Å²) in [7, 11) is 0. The van der Waals surface area contributed by atoms with E-state index in [9.17, 15) is 9.59 Å². The first-order chi connectivity index (χ1) is 7.65. The lowest BCUT2D eigenvalue weighted by Crippen LogP contribution is -2.51. The Hall–Kier alpha value is -1.06. The van der Waals surface area contributed by atoms with E-state index < -0.39 is 11.4 Å². The molecule has 4 nitrogen and oxygen atoms in total. The van der Waals surface area contributed by atoms with E-state index in [2.05, 4.69) is 5.32 Å². The minimum Gasteiger partial charge on any atom is -0.480 e. The SMILES string of the molecule is O=C(O)C1(C(=O)NCC2CCCC2)CCC1. The van der Waals surface area contributed by atoms with Gasteiger partial charge in [0.1, 0.15) is 5.41 Å². The summed E-state index contributed by atoms with van der Waals surface area (Å²) in [6.07, 6.45) is 6.66. The summed E-state index contributed by atoms with van der Waals surface area (Å²) in [5.74, 6) is -0.657. The minimum absolute atomic E-state index is 0.266. The van der Waals surface area contributed by atoms with Crippen LogP contribution in [0.25, 0.3) is 0 Å². The molecule has 0 heterocycles. The van der Waals surface area contributed by atoms with Gasteiger partial charge in [-0.25, -0.2) is 0 Å². The Morgan fingerprint density at radius 3 is 2.25 bits per heavy atom. The van der Waals surface area contributed by atoms with Crippen molar-refractivity contribution in [3.05, 3.63) is 0 Å². The lowest BCUT2D eigenvalue weighted by atomic mass is 9.68. The Kier molecular flexibility index (Phi) is 3.17. The van der Waals surface area contributed by atoms with Crippen LogP contribution in [0.4, 0.5) is 0 Å². The molecular formula is C12H19NO3. The van der Waals surface area contributed by atoms with Gasteiger partial charge in [-0.05, 0) is 31.6 Å². The van der Waals surface area contributed by atoms with E-state index in [-0.39, 0.29) is 5.91 Å². The van der Waals surface area contributed by atoms with Gasteiger partial charge in [0, 0.05) is 6.54 Å². The van der Waals surface area contributed by atoms with Crippen molar-refractivity contribution in [1.82, 2.24) is 5.32 Å². The quantitative estimate of drug-likeness (QED) is 0.713. The molecule has 0 radical (unpaired) electrons. The Morgan fingerprint density at radius 2 is 1.81 bits per heavy atom. The molecular weight excluding hydrogens is 206 g/mol. The number of carboxylic acids is 1. The van der Waals surface area contributed by atoms with Gasteiger partial charge in [-0.1, -0.05) is 19.3 Å². The number of hydrogen-bond acceptors (Lipinski definition) is 2. The van der Waals surface area contributed by atoms with Gasteiger partial charge in [0.2, 0.25) is 5.91 Å². The maximum atomic E-state index is 11.9. The number of hydrogen-bond donors (Lipinski definition) is 2. The number of carboxylic acid groups (broad SMARTS) is 1. The Balaban J connectivity index is 1.84. The van der Waals surface area contributed by atoms with Gasteiger partial charge < -0.3 is 10.4 Å². The van der Waals surface area contributed by atoms with Gasteiger partial charge >= 0.3 is 5.97 Å². The van der Waals surface area contributed by atoms with Crippen LogP contribution in [0.3, 0.4) is 0 Å². The van der Waals surface area contributed by atoms with E-state index in [1.54, 1.807) is 0 Å². The second-order valence-electron chi connectivity index (χ2n) is 5.10. The molecule has 0 bridgehead atoms. The fraction of sp³-hybridized carbons (Fsp3) is 0.833. The van der Waals surface area contributed by atoms with Crippen molar-refractivity contribution in [2.45, 2.75) is 44.9 Å². The number of carbonyl (C=O) groups excluding carboxylic acids is 1. The summed E-state index contributed by atoms with van der Waals surface area (Å²) in [6, 6.07) is 0. The van der Waals surface area contributed by atoms with Crippen LogP contribution in [0, 0.1) is 11.3 Å². The topological polar surface area (TPSA) is 66.4 Å². The van der Waals surface area contributed by atoms with Gasteiger partial charge in [-0.2, -0.15) is 0 Å². The number of aliphatic carboxylic acids is 1. The molecule has 16 heavy (non-hydrogen) atoms. The molecule has 0 aromatic carbocycles. The molecule has 0 aliphatic heterocycles.